The minimum atomic E-state index is -0.501. The molecule has 0 rings (SSSR count). The van der Waals surface area contributed by atoms with Crippen LogP contribution in [0, 0.1) is 0 Å². The lowest BCUT2D eigenvalue weighted by Gasteiger charge is -2.18. The Morgan fingerprint density at radius 3 is 2.17 bits per heavy atom. The highest BCUT2D eigenvalue weighted by Crippen LogP contribution is 2.03. The number of hydrogen-bond acceptors (Lipinski definition) is 2. The summed E-state index contributed by atoms with van der Waals surface area (Å²) >= 11 is 0. The molecular weight excluding hydrogens is 180 g/mol. The summed E-state index contributed by atoms with van der Waals surface area (Å²) in [4.78, 5) is 0. The molecule has 0 heterocycles. The summed E-state index contributed by atoms with van der Waals surface area (Å²) in [5.41, 5.74) is 0. The van der Waals surface area contributed by atoms with E-state index in [-0.39, 0.29) is 9.68 Å². The van der Waals surface area contributed by atoms with E-state index in [4.69, 9.17) is 0 Å². The number of nitrogens with zero attached hydrogens (tertiary/aromatic N) is 2. The predicted octanol–water partition coefficient (Wildman–Crippen LogP) is 0.355. The van der Waals surface area contributed by atoms with E-state index in [1.54, 1.807) is 0 Å². The van der Waals surface area contributed by atoms with E-state index in [9.17, 15) is 0 Å². The zero-order valence-corrected chi connectivity index (χ0v) is 11.9. The smallest absolute Gasteiger partial charge is 0.108 e. The van der Waals surface area contributed by atoms with Gasteiger partial charge in [-0.25, -0.2) is 0 Å². The summed E-state index contributed by atoms with van der Waals surface area (Å²) in [7, 11) is 8.47. The van der Waals surface area contributed by atoms with Crippen LogP contribution < -0.4 is 0 Å². The van der Waals surface area contributed by atoms with Crippen molar-refractivity contribution in [2.24, 2.45) is 0 Å². The fraction of sp³-hybridized carbons (Fsp3) is 1.00. The lowest BCUT2D eigenvalue weighted by Crippen LogP contribution is -2.29. The van der Waals surface area contributed by atoms with Gasteiger partial charge in [0, 0.05) is 0 Å². The van der Waals surface area contributed by atoms with E-state index < -0.39 is 8.96 Å². The fourth-order valence-corrected chi connectivity index (χ4v) is 4.24. The molecule has 0 radical (unpaired) electrons. The van der Waals surface area contributed by atoms with Crippen molar-refractivity contribution in [3.63, 3.8) is 0 Å². The minimum absolute atomic E-state index is 0.116. The van der Waals surface area contributed by atoms with Gasteiger partial charge in [0.25, 0.3) is 0 Å². The zero-order valence-electron chi connectivity index (χ0n) is 9.30. The highest BCUT2D eigenvalue weighted by atomic mass is 28.3. The standard InChI is InChI=1S/C8H24N2Si2/c1-9(2)11-7-6-8-12(5)10(3)4/h12H,6-8,11H2,1-5H3. The first-order chi connectivity index (χ1) is 5.54. The van der Waals surface area contributed by atoms with Crippen LogP contribution >= 0.6 is 0 Å². The van der Waals surface area contributed by atoms with Crippen molar-refractivity contribution >= 4 is 18.6 Å². The zero-order chi connectivity index (χ0) is 9.56. The van der Waals surface area contributed by atoms with E-state index >= 15 is 0 Å². The Bertz CT molecular complexity index is 107. The van der Waals surface area contributed by atoms with Crippen LogP contribution in [0.3, 0.4) is 0 Å². The van der Waals surface area contributed by atoms with Gasteiger partial charge in [0.2, 0.25) is 0 Å². The van der Waals surface area contributed by atoms with Crippen molar-refractivity contribution in [1.82, 2.24) is 9.13 Å². The first-order valence-electron chi connectivity index (χ1n) is 4.85. The second-order valence-corrected chi connectivity index (χ2v) is 9.84. The Morgan fingerprint density at radius 2 is 1.75 bits per heavy atom. The molecular formula is C8H24N2Si2. The summed E-state index contributed by atoms with van der Waals surface area (Å²) in [5.74, 6) is 0. The van der Waals surface area contributed by atoms with Gasteiger partial charge in [0.05, 0.1) is 9.68 Å². The molecule has 0 aromatic heterocycles. The highest BCUT2D eigenvalue weighted by molar-refractivity contribution is 6.54. The summed E-state index contributed by atoms with van der Waals surface area (Å²) < 4.78 is 4.85. The van der Waals surface area contributed by atoms with Crippen molar-refractivity contribution in [2.75, 3.05) is 28.2 Å². The Balaban J connectivity index is 3.20. The van der Waals surface area contributed by atoms with Crippen LogP contribution in [-0.4, -0.2) is 56.0 Å². The number of rotatable bonds is 6. The van der Waals surface area contributed by atoms with E-state index in [1.807, 2.05) is 0 Å². The Hall–Kier alpha value is 0.354. The molecule has 0 bridgehead atoms. The molecule has 0 fully saturated rings. The van der Waals surface area contributed by atoms with Crippen LogP contribution in [0.25, 0.3) is 0 Å². The molecule has 1 unspecified atom stereocenters. The first-order valence-corrected chi connectivity index (χ1v) is 8.97. The van der Waals surface area contributed by atoms with Crippen LogP contribution in [0.2, 0.25) is 18.6 Å². The van der Waals surface area contributed by atoms with Gasteiger partial charge in [-0.1, -0.05) is 19.0 Å². The molecule has 2 nitrogen and oxygen atoms in total. The predicted molar refractivity (Wildman–Crippen MR) is 63.2 cm³/mol. The maximum Gasteiger partial charge on any atom is 0.108 e. The highest BCUT2D eigenvalue weighted by Gasteiger charge is 2.05. The van der Waals surface area contributed by atoms with E-state index in [0.717, 1.165) is 0 Å². The van der Waals surface area contributed by atoms with Crippen molar-refractivity contribution in [1.29, 1.82) is 0 Å². The van der Waals surface area contributed by atoms with Crippen molar-refractivity contribution in [3.8, 4) is 0 Å². The molecule has 0 saturated carbocycles. The monoisotopic (exact) mass is 204 g/mol. The third-order valence-electron chi connectivity index (χ3n) is 2.36. The Kier molecular flexibility index (Phi) is 7.03. The molecule has 0 amide bonds. The van der Waals surface area contributed by atoms with E-state index in [2.05, 4.69) is 43.9 Å². The molecule has 12 heavy (non-hydrogen) atoms. The van der Waals surface area contributed by atoms with Gasteiger partial charge in [-0.3, -0.25) is 0 Å². The fourth-order valence-electron chi connectivity index (χ4n) is 1.13. The lowest BCUT2D eigenvalue weighted by atomic mass is 10.6. The van der Waals surface area contributed by atoms with E-state index in [0.29, 0.717) is 0 Å². The van der Waals surface area contributed by atoms with Crippen LogP contribution in [0.1, 0.15) is 6.42 Å². The van der Waals surface area contributed by atoms with Crippen molar-refractivity contribution < 1.29 is 0 Å². The molecule has 1 atom stereocenters. The van der Waals surface area contributed by atoms with Crippen molar-refractivity contribution in [2.45, 2.75) is 25.1 Å². The molecule has 0 aliphatic carbocycles. The topological polar surface area (TPSA) is 6.48 Å². The molecule has 0 aromatic rings. The molecule has 0 aliphatic rings. The summed E-state index contributed by atoms with van der Waals surface area (Å²) in [5, 5.41) is 0. The summed E-state index contributed by atoms with van der Waals surface area (Å²) in [6.45, 7) is 2.44. The third-order valence-corrected chi connectivity index (χ3v) is 7.08. The van der Waals surface area contributed by atoms with Gasteiger partial charge >= 0.3 is 0 Å². The van der Waals surface area contributed by atoms with Crippen LogP contribution in [0.4, 0.5) is 0 Å². The van der Waals surface area contributed by atoms with Crippen LogP contribution in [-0.2, 0) is 0 Å². The van der Waals surface area contributed by atoms with E-state index in [1.165, 1.54) is 18.5 Å². The summed E-state index contributed by atoms with van der Waals surface area (Å²) in [6.07, 6.45) is 1.47. The lowest BCUT2D eigenvalue weighted by molar-refractivity contribution is 0.632. The van der Waals surface area contributed by atoms with Gasteiger partial charge in [-0.05, 0) is 34.2 Å². The van der Waals surface area contributed by atoms with Gasteiger partial charge in [0.1, 0.15) is 8.96 Å². The molecule has 4 heteroatoms. The van der Waals surface area contributed by atoms with Crippen LogP contribution in [0.5, 0.6) is 0 Å². The Morgan fingerprint density at radius 1 is 1.17 bits per heavy atom. The molecule has 0 spiro atoms. The quantitative estimate of drug-likeness (QED) is 0.455. The molecule has 0 aliphatic heterocycles. The largest absolute Gasteiger partial charge is 0.334 e. The van der Waals surface area contributed by atoms with Gasteiger partial charge in [0.15, 0.2) is 0 Å². The molecule has 74 valence electrons. The maximum atomic E-state index is 2.44. The second kappa shape index (κ2) is 6.83. The molecule has 0 N–H and O–H groups in total. The number of hydrogen-bond donors (Lipinski definition) is 0. The van der Waals surface area contributed by atoms with Crippen molar-refractivity contribution in [3.05, 3.63) is 0 Å². The van der Waals surface area contributed by atoms with Crippen LogP contribution in [0.15, 0.2) is 0 Å². The second-order valence-electron chi connectivity index (χ2n) is 4.11. The normalized spacial score (nSPS) is 15.2. The molecule has 0 saturated heterocycles. The summed E-state index contributed by atoms with van der Waals surface area (Å²) in [6, 6.07) is 2.99. The maximum absolute atomic E-state index is 2.44. The van der Waals surface area contributed by atoms with Gasteiger partial charge < -0.3 is 9.13 Å². The first kappa shape index (κ1) is 12.4. The third kappa shape index (κ3) is 7.03. The minimum Gasteiger partial charge on any atom is -0.334 e. The molecule has 0 aromatic carbocycles. The van der Waals surface area contributed by atoms with Gasteiger partial charge in [-0.2, -0.15) is 0 Å². The Labute approximate surface area is 81.5 Å². The average molecular weight is 204 g/mol. The SMILES string of the molecule is CN(C)[SiH2]CCC[SiH](C)N(C)C. The van der Waals surface area contributed by atoms with Gasteiger partial charge in [-0.15, -0.1) is 0 Å². The average Bonchev–Trinajstić information content (AvgIpc) is 1.97.